The van der Waals surface area contributed by atoms with Gasteiger partial charge in [0.05, 0.1) is 33.1 Å². The number of aromatic nitrogens is 6. The van der Waals surface area contributed by atoms with Gasteiger partial charge in [-0.1, -0.05) is 167 Å². The highest BCUT2D eigenvalue weighted by molar-refractivity contribution is 5.78. The van der Waals surface area contributed by atoms with E-state index in [1.807, 2.05) is 84.9 Å². The molecule has 0 fully saturated rings. The topological polar surface area (TPSA) is 173 Å². The van der Waals surface area contributed by atoms with E-state index in [1.165, 1.54) is 0 Å². The van der Waals surface area contributed by atoms with Gasteiger partial charge in [0, 0.05) is 92.4 Å². The van der Waals surface area contributed by atoms with Crippen LogP contribution in [0.4, 0.5) is 0 Å². The quantitative estimate of drug-likeness (QED) is 0.0690. The molecule has 460 valence electrons. The van der Waals surface area contributed by atoms with Gasteiger partial charge in [-0.25, -0.2) is 29.9 Å². The van der Waals surface area contributed by atoms with Crippen LogP contribution in [0.2, 0.25) is 0 Å². The molecule has 0 saturated heterocycles. The summed E-state index contributed by atoms with van der Waals surface area (Å²) in [5.41, 5.74) is 10.5. The van der Waals surface area contributed by atoms with E-state index in [2.05, 4.69) is 52.0 Å². The minimum atomic E-state index is -0.487. The van der Waals surface area contributed by atoms with Gasteiger partial charge >= 0.3 is 0 Å². The molecule has 3 aromatic heterocycles. The van der Waals surface area contributed by atoms with Crippen LogP contribution >= 0.6 is 0 Å². The molecule has 10 aromatic rings. The largest absolute Gasteiger partial charge is 0.508 e. The van der Waals surface area contributed by atoms with Crippen LogP contribution in [-0.4, -0.2) is 40.1 Å². The Morgan fingerprint density at radius 2 is 0.478 bits per heavy atom. The minimum Gasteiger partial charge on any atom is -0.508 e. The molecular formula is C76H78N6O8. The number of hydrogen-bond donors (Lipinski definition) is 2. The Hall–Kier alpha value is -9.04. The molecule has 0 amide bonds. The summed E-state index contributed by atoms with van der Waals surface area (Å²) in [7, 11) is 0. The third-order valence-electron chi connectivity index (χ3n) is 18.8. The molecule has 8 bridgehead atoms. The molecule has 14 nitrogen and oxygen atoms in total. The maximum Gasteiger partial charge on any atom is 0.284 e. The number of aromatic hydroxyl groups is 2. The van der Waals surface area contributed by atoms with Gasteiger partial charge in [-0.05, 0) is 86.3 Å². The van der Waals surface area contributed by atoms with Crippen molar-refractivity contribution in [3.63, 3.8) is 0 Å². The molecule has 0 spiro atoms. The molecule has 2 N–H and O–H groups in total. The van der Waals surface area contributed by atoms with E-state index < -0.39 is 5.92 Å². The Bertz CT molecular complexity index is 4060. The molecule has 0 saturated carbocycles. The fraction of sp³-hybridized carbons (Fsp3) is 0.368. The molecule has 0 radical (unpaired) electrons. The van der Waals surface area contributed by atoms with Gasteiger partial charge in [0.2, 0.25) is 0 Å². The van der Waals surface area contributed by atoms with Crippen molar-refractivity contribution in [2.24, 2.45) is 0 Å². The molecule has 1 aliphatic carbocycles. The second kappa shape index (κ2) is 25.8. The molecule has 4 atom stereocenters. The van der Waals surface area contributed by atoms with E-state index in [0.29, 0.717) is 98.0 Å². The van der Waals surface area contributed by atoms with Crippen LogP contribution in [-0.2, 0) is 0 Å². The van der Waals surface area contributed by atoms with Crippen molar-refractivity contribution in [1.29, 1.82) is 0 Å². The summed E-state index contributed by atoms with van der Waals surface area (Å²) in [6.45, 7) is 8.93. The zero-order chi connectivity index (χ0) is 61.2. The summed E-state index contributed by atoms with van der Waals surface area (Å²) in [5.74, 6) is 2.49. The van der Waals surface area contributed by atoms with Gasteiger partial charge in [-0.15, -0.1) is 0 Å². The maximum atomic E-state index is 13.0. The fourth-order valence-corrected chi connectivity index (χ4v) is 14.1. The first-order valence-corrected chi connectivity index (χ1v) is 33.2. The Labute approximate surface area is 526 Å². The highest BCUT2D eigenvalue weighted by Crippen LogP contribution is 2.58. The van der Waals surface area contributed by atoms with Crippen molar-refractivity contribution in [2.75, 3.05) is 0 Å². The SMILES string of the molecule is CCCCCCC1c2cc3c(cc2O)Oc2nc4ccccc4nc2Oc2cc4c(cc2[C@@H]3CCCCCC)C(CCCCCC)c2cc3c(cc2Oc2nc5ccccc5nc2O4)Oc2nc4ccccc4nc2Oc2cc(O)c1cc2[C@@H]3CCCCCC. The van der Waals surface area contributed by atoms with Gasteiger partial charge in [0.1, 0.15) is 46.0 Å². The number of ether oxygens (including phenoxy) is 6. The van der Waals surface area contributed by atoms with E-state index in [4.69, 9.17) is 58.3 Å². The highest BCUT2D eigenvalue weighted by atomic mass is 16.6. The lowest BCUT2D eigenvalue weighted by Gasteiger charge is -2.30. The van der Waals surface area contributed by atoms with E-state index in [9.17, 15) is 10.2 Å². The number of benzene rings is 7. The van der Waals surface area contributed by atoms with Crippen LogP contribution in [0.3, 0.4) is 0 Å². The second-order valence-corrected chi connectivity index (χ2v) is 24.9. The van der Waals surface area contributed by atoms with Gasteiger partial charge in [0.25, 0.3) is 35.3 Å². The fourth-order valence-electron chi connectivity index (χ4n) is 14.1. The van der Waals surface area contributed by atoms with Crippen LogP contribution in [0.1, 0.15) is 224 Å². The molecule has 14 heteroatoms. The van der Waals surface area contributed by atoms with Crippen LogP contribution < -0.4 is 28.4 Å². The van der Waals surface area contributed by atoms with Crippen molar-refractivity contribution in [3.05, 3.63) is 166 Å². The van der Waals surface area contributed by atoms with Gasteiger partial charge in [-0.2, -0.15) is 0 Å². The Balaban J connectivity index is 1.14. The van der Waals surface area contributed by atoms with Crippen LogP contribution in [0, 0.1) is 0 Å². The summed E-state index contributed by atoms with van der Waals surface area (Å²) in [6, 6.07) is 39.6. The molecular weight excluding hydrogens is 1120 g/mol. The van der Waals surface area contributed by atoms with Gasteiger partial charge in [0.15, 0.2) is 0 Å². The van der Waals surface area contributed by atoms with E-state index >= 15 is 0 Å². The summed E-state index contributed by atoms with van der Waals surface area (Å²) in [4.78, 5) is 31.0. The molecule has 6 heterocycles. The highest BCUT2D eigenvalue weighted by Gasteiger charge is 2.39. The average Bonchev–Trinajstić information content (AvgIpc) is 1.65. The van der Waals surface area contributed by atoms with Crippen LogP contribution in [0.5, 0.6) is 81.3 Å². The molecule has 7 aromatic carbocycles. The molecule has 90 heavy (non-hydrogen) atoms. The van der Waals surface area contributed by atoms with Gasteiger partial charge < -0.3 is 38.6 Å². The van der Waals surface area contributed by atoms with Crippen molar-refractivity contribution < 1.29 is 38.6 Å². The number of phenolic OH excluding ortho intramolecular Hbond substituents is 2. The number of unbranched alkanes of at least 4 members (excludes halogenated alkanes) is 12. The van der Waals surface area contributed by atoms with Gasteiger partial charge in [-0.3, -0.25) is 0 Å². The van der Waals surface area contributed by atoms with E-state index in [1.54, 1.807) is 12.1 Å². The number of rotatable bonds is 20. The first-order valence-electron chi connectivity index (χ1n) is 33.2. The zero-order valence-electron chi connectivity index (χ0n) is 52.0. The Morgan fingerprint density at radius 1 is 0.267 bits per heavy atom. The Morgan fingerprint density at radius 3 is 0.711 bits per heavy atom. The second-order valence-electron chi connectivity index (χ2n) is 24.9. The monoisotopic (exact) mass is 1200 g/mol. The average molecular weight is 1200 g/mol. The number of phenols is 2. The number of nitrogens with zero attached hydrogens (tertiary/aromatic N) is 6. The summed E-state index contributed by atoms with van der Waals surface area (Å²) in [5, 5.41) is 26.1. The lowest BCUT2D eigenvalue weighted by molar-refractivity contribution is 0.381. The van der Waals surface area contributed by atoms with Crippen LogP contribution in [0.25, 0.3) is 33.1 Å². The smallest absolute Gasteiger partial charge is 0.284 e. The van der Waals surface area contributed by atoms with Crippen molar-refractivity contribution in [2.45, 2.75) is 180 Å². The normalized spacial score (nSPS) is 16.6. The number of para-hydroxylation sites is 6. The van der Waals surface area contributed by atoms with Crippen molar-refractivity contribution in [3.8, 4) is 81.3 Å². The lowest BCUT2D eigenvalue weighted by atomic mass is 9.76. The van der Waals surface area contributed by atoms with E-state index in [-0.39, 0.29) is 64.5 Å². The molecule has 14 rings (SSSR count). The lowest BCUT2D eigenvalue weighted by Crippen LogP contribution is -2.13. The standard InChI is InChI=1S/C76H78N6O8/c1-5-9-13-17-27-45-49-37-51-46(28-18-14-10-6-2)53-39-55-48(30-20-16-12-8-4)56-40-54-47(29-19-15-11-7-3)52-38-50(45)64(84)42-66(52)86-72-74(80-60-34-24-22-32-58(60)78-72)88-68(54)44-70(56)90-76-75(81-61-35-25-26-36-62(61)82-76)89-69(55)43-67(53)87-73-71(85-65(51)41-63(49)83)77-57-31-21-23-33-59(57)79-73/h21-26,31-48,83-84H,5-20,27-30H2,1-4H3/t45?,46-,47+,48?. The maximum absolute atomic E-state index is 13.0. The summed E-state index contributed by atoms with van der Waals surface area (Å²) in [6.07, 6.45) is 18.8. The number of fused-ring (bicyclic) bond motifs is 8. The first kappa shape index (κ1) is 58.6. The number of hydrogen-bond acceptors (Lipinski definition) is 14. The van der Waals surface area contributed by atoms with Crippen molar-refractivity contribution >= 4 is 33.1 Å². The predicted octanol–water partition coefficient (Wildman–Crippen LogP) is 21.3. The molecule has 2 unspecified atom stereocenters. The first-order chi connectivity index (χ1) is 44.2. The van der Waals surface area contributed by atoms with E-state index in [0.717, 1.165) is 143 Å². The molecule has 4 aliphatic rings. The third-order valence-corrected chi connectivity index (χ3v) is 18.8. The zero-order valence-corrected chi connectivity index (χ0v) is 52.0. The summed E-state index contributed by atoms with van der Waals surface area (Å²) < 4.78 is 43.6. The minimum absolute atomic E-state index is 0.0420. The van der Waals surface area contributed by atoms with Crippen LogP contribution in [0.15, 0.2) is 121 Å². The Kier molecular flexibility index (Phi) is 16.8. The third kappa shape index (κ3) is 11.5. The van der Waals surface area contributed by atoms with Crippen molar-refractivity contribution in [1.82, 2.24) is 29.9 Å². The predicted molar refractivity (Wildman–Crippen MR) is 351 cm³/mol. The molecule has 3 aliphatic heterocycles. The summed E-state index contributed by atoms with van der Waals surface area (Å²) >= 11 is 0.